The van der Waals surface area contributed by atoms with Gasteiger partial charge in [0.1, 0.15) is 0 Å². The maximum Gasteiger partial charge on any atom is 0.416 e. The number of amides is 1. The van der Waals surface area contributed by atoms with Gasteiger partial charge < -0.3 is 10.4 Å². The Hall–Kier alpha value is -3.36. The molecule has 0 saturated heterocycles. The van der Waals surface area contributed by atoms with Crippen molar-refractivity contribution in [2.75, 3.05) is 0 Å². The molecule has 2 N–H and O–H groups in total. The molecule has 1 saturated carbocycles. The van der Waals surface area contributed by atoms with Gasteiger partial charge in [-0.05, 0) is 68.0 Å². The highest BCUT2D eigenvalue weighted by molar-refractivity contribution is 5.95. The van der Waals surface area contributed by atoms with E-state index in [2.05, 4.69) is 5.32 Å². The largest absolute Gasteiger partial charge is 0.481 e. The van der Waals surface area contributed by atoms with Crippen LogP contribution in [0.25, 0.3) is 0 Å². The minimum Gasteiger partial charge on any atom is -0.481 e. The van der Waals surface area contributed by atoms with Crippen molar-refractivity contribution in [3.8, 4) is 0 Å². The Morgan fingerprint density at radius 3 is 2.38 bits per heavy atom. The molecule has 0 unspecified atom stereocenters. The Labute approximate surface area is 195 Å². The number of nitrogens with one attached hydrogen (secondary N) is 1. The molecular weight excluding hydrogens is 447 g/mol. The number of benzene rings is 1. The molecule has 2 aliphatic carbocycles. The van der Waals surface area contributed by atoms with Crippen molar-refractivity contribution in [2.45, 2.75) is 64.1 Å². The summed E-state index contributed by atoms with van der Waals surface area (Å²) in [7, 11) is 0. The molecule has 4 rings (SSSR count). The third kappa shape index (κ3) is 5.40. The van der Waals surface area contributed by atoms with Crippen molar-refractivity contribution >= 4 is 11.9 Å². The Bertz CT molecular complexity index is 1160. The first kappa shape index (κ1) is 23.8. The van der Waals surface area contributed by atoms with E-state index < -0.39 is 23.6 Å². The Morgan fingerprint density at radius 2 is 1.85 bits per heavy atom. The monoisotopic (exact) mass is 473 g/mol. The van der Waals surface area contributed by atoms with E-state index in [1.54, 1.807) is 6.08 Å². The average molecular weight is 473 g/mol. The second-order valence-electron chi connectivity index (χ2n) is 8.71. The fraction of sp³-hybridized carbons (Fsp3) is 0.400. The zero-order valence-corrected chi connectivity index (χ0v) is 18.8. The lowest BCUT2D eigenvalue weighted by atomic mass is 10.0. The topological polar surface area (TPSA) is 84.2 Å². The van der Waals surface area contributed by atoms with Crippen LogP contribution in [0, 0.1) is 0 Å². The van der Waals surface area contributed by atoms with Crippen molar-refractivity contribution in [3.63, 3.8) is 0 Å². The molecule has 6 nitrogen and oxygen atoms in total. The van der Waals surface area contributed by atoms with E-state index in [0.717, 1.165) is 47.5 Å². The lowest BCUT2D eigenvalue weighted by molar-refractivity contribution is -0.138. The molecule has 2 aromatic rings. The molecule has 0 spiro atoms. The van der Waals surface area contributed by atoms with Gasteiger partial charge in [-0.3, -0.25) is 14.3 Å². The van der Waals surface area contributed by atoms with Crippen molar-refractivity contribution < 1.29 is 27.9 Å². The number of halogens is 3. The van der Waals surface area contributed by atoms with Gasteiger partial charge in [-0.15, -0.1) is 0 Å². The van der Waals surface area contributed by atoms with E-state index in [1.165, 1.54) is 12.1 Å². The third-order valence-electron chi connectivity index (χ3n) is 6.14. The Morgan fingerprint density at radius 1 is 1.15 bits per heavy atom. The molecule has 1 fully saturated rings. The number of carbonyl (C=O) groups excluding carboxylic acids is 1. The second kappa shape index (κ2) is 9.48. The van der Waals surface area contributed by atoms with Crippen molar-refractivity contribution in [3.05, 3.63) is 75.8 Å². The van der Waals surface area contributed by atoms with E-state index in [0.29, 0.717) is 37.4 Å². The number of rotatable bonds is 8. The summed E-state index contributed by atoms with van der Waals surface area (Å²) in [5, 5.41) is 16.8. The molecule has 34 heavy (non-hydrogen) atoms. The van der Waals surface area contributed by atoms with Gasteiger partial charge in [0, 0.05) is 28.4 Å². The summed E-state index contributed by atoms with van der Waals surface area (Å²) >= 11 is 0. The standard InChI is InChI=1S/C25H26F3N3O3/c1-2-21-20(13-22(32)33)23(16-5-6-16)31(30-21)14-15-3-11-19(12-4-15)29-24(34)17-7-9-18(10-8-17)25(26,27)28/h3,7-11,16H,2,4-6,12-14H2,1H3,(H,29,34)(H,32,33). The minimum atomic E-state index is -4.44. The number of carboxylic acid groups (broad SMARTS) is 1. The molecule has 0 atom stereocenters. The second-order valence-corrected chi connectivity index (χ2v) is 8.71. The van der Waals surface area contributed by atoms with Gasteiger partial charge in [0.05, 0.1) is 24.2 Å². The summed E-state index contributed by atoms with van der Waals surface area (Å²) in [5.41, 5.74) is 3.88. The lowest BCUT2D eigenvalue weighted by Crippen LogP contribution is -2.24. The van der Waals surface area contributed by atoms with Gasteiger partial charge >= 0.3 is 12.1 Å². The molecule has 0 radical (unpaired) electrons. The van der Waals surface area contributed by atoms with Crippen LogP contribution in [-0.4, -0.2) is 26.8 Å². The van der Waals surface area contributed by atoms with Crippen molar-refractivity contribution in [2.24, 2.45) is 0 Å². The maximum absolute atomic E-state index is 12.7. The molecule has 1 aromatic heterocycles. The fourth-order valence-corrected chi connectivity index (χ4v) is 4.26. The number of aliphatic carboxylic acids is 1. The van der Waals surface area contributed by atoms with Crippen molar-refractivity contribution in [1.82, 2.24) is 15.1 Å². The van der Waals surface area contributed by atoms with Crippen LogP contribution in [0.4, 0.5) is 13.2 Å². The van der Waals surface area contributed by atoms with Gasteiger partial charge in [0.2, 0.25) is 0 Å². The molecule has 0 aliphatic heterocycles. The van der Waals surface area contributed by atoms with Gasteiger partial charge in [0.25, 0.3) is 5.91 Å². The Kier molecular flexibility index (Phi) is 6.63. The number of carbonyl (C=O) groups is 2. The van der Waals surface area contributed by atoms with Crippen LogP contribution in [0.1, 0.15) is 71.4 Å². The zero-order valence-electron chi connectivity index (χ0n) is 18.8. The fourth-order valence-electron chi connectivity index (χ4n) is 4.26. The summed E-state index contributed by atoms with van der Waals surface area (Å²) in [5.74, 6) is -0.948. The highest BCUT2D eigenvalue weighted by Gasteiger charge is 2.33. The van der Waals surface area contributed by atoms with E-state index in [-0.39, 0.29) is 12.0 Å². The number of aromatic nitrogens is 2. The first-order valence-electron chi connectivity index (χ1n) is 11.3. The van der Waals surface area contributed by atoms with Crippen LogP contribution < -0.4 is 5.32 Å². The van der Waals surface area contributed by atoms with Gasteiger partial charge in [0.15, 0.2) is 0 Å². The summed E-state index contributed by atoms with van der Waals surface area (Å²) in [6.45, 7) is 2.54. The number of nitrogens with zero attached hydrogens (tertiary/aromatic N) is 2. The zero-order chi connectivity index (χ0) is 24.5. The summed E-state index contributed by atoms with van der Waals surface area (Å²) in [6.07, 6.45) is 3.30. The number of alkyl halides is 3. The van der Waals surface area contributed by atoms with Crippen LogP contribution in [0.3, 0.4) is 0 Å². The summed E-state index contributed by atoms with van der Waals surface area (Å²) < 4.78 is 40.1. The van der Waals surface area contributed by atoms with Gasteiger partial charge in [-0.1, -0.05) is 13.0 Å². The molecule has 1 aromatic carbocycles. The first-order chi connectivity index (χ1) is 16.2. The van der Waals surface area contributed by atoms with Crippen molar-refractivity contribution in [1.29, 1.82) is 0 Å². The number of hydrogen-bond donors (Lipinski definition) is 2. The Balaban J connectivity index is 1.45. The normalized spacial score (nSPS) is 16.1. The highest BCUT2D eigenvalue weighted by atomic mass is 19.4. The molecule has 180 valence electrons. The first-order valence-corrected chi connectivity index (χ1v) is 11.3. The highest BCUT2D eigenvalue weighted by Crippen LogP contribution is 2.43. The predicted molar refractivity (Wildman–Crippen MR) is 119 cm³/mol. The summed E-state index contributed by atoms with van der Waals surface area (Å²) in [6, 6.07) is 4.12. The van der Waals surface area contributed by atoms with E-state index in [4.69, 9.17) is 5.10 Å². The number of allylic oxidation sites excluding steroid dienone is 4. The van der Waals surface area contributed by atoms with Crippen LogP contribution in [-0.2, 0) is 30.4 Å². The van der Waals surface area contributed by atoms with Crippen LogP contribution in [0.2, 0.25) is 0 Å². The van der Waals surface area contributed by atoms with Crippen LogP contribution in [0.5, 0.6) is 0 Å². The smallest absolute Gasteiger partial charge is 0.416 e. The number of carboxylic acids is 1. The summed E-state index contributed by atoms with van der Waals surface area (Å²) in [4.78, 5) is 23.8. The van der Waals surface area contributed by atoms with Gasteiger partial charge in [-0.25, -0.2) is 0 Å². The van der Waals surface area contributed by atoms with E-state index in [1.807, 2.05) is 17.7 Å². The molecule has 2 aliphatic rings. The quantitative estimate of drug-likeness (QED) is 0.565. The maximum atomic E-state index is 12.7. The lowest BCUT2D eigenvalue weighted by Gasteiger charge is -2.17. The SMILES string of the molecule is CCc1nn(CC2=CC=C(NC(=O)c3ccc(C(F)(F)F)cc3)CC2)c(C2CC2)c1CC(=O)O. The third-order valence-corrected chi connectivity index (χ3v) is 6.14. The number of aryl methyl sites for hydroxylation is 1. The minimum absolute atomic E-state index is 0.0198. The molecule has 1 heterocycles. The molecule has 0 bridgehead atoms. The van der Waals surface area contributed by atoms with Gasteiger partial charge in [-0.2, -0.15) is 18.3 Å². The molecule has 9 heteroatoms. The molecule has 1 amide bonds. The average Bonchev–Trinajstić information content (AvgIpc) is 3.57. The van der Waals surface area contributed by atoms with E-state index in [9.17, 15) is 27.9 Å². The van der Waals surface area contributed by atoms with E-state index >= 15 is 0 Å². The molecular formula is C25H26F3N3O3. The van der Waals surface area contributed by atoms with Crippen LogP contribution >= 0.6 is 0 Å². The van der Waals surface area contributed by atoms with Crippen LogP contribution in [0.15, 0.2) is 47.7 Å². The number of hydrogen-bond acceptors (Lipinski definition) is 3. The predicted octanol–water partition coefficient (Wildman–Crippen LogP) is 5.00.